The van der Waals surface area contributed by atoms with Crippen LogP contribution in [0.1, 0.15) is 38.5 Å². The van der Waals surface area contributed by atoms with Gasteiger partial charge in [0.05, 0.1) is 12.1 Å². The van der Waals surface area contributed by atoms with Gasteiger partial charge in [0.15, 0.2) is 0 Å². The lowest BCUT2D eigenvalue weighted by Gasteiger charge is -2.34. The van der Waals surface area contributed by atoms with E-state index in [1.54, 1.807) is 6.07 Å². The first kappa shape index (κ1) is 21.2. The smallest absolute Gasteiger partial charge is 0.404 e. The van der Waals surface area contributed by atoms with Crippen LogP contribution in [-0.2, 0) is 0 Å². The average Bonchev–Trinajstić information content (AvgIpc) is 2.90. The molecule has 2 heterocycles. The van der Waals surface area contributed by atoms with Crippen LogP contribution in [0.5, 0.6) is 0 Å². The molecule has 8 heteroatoms. The molecule has 0 spiro atoms. The molecule has 0 bridgehead atoms. The fourth-order valence-corrected chi connectivity index (χ4v) is 2.61. The Morgan fingerprint density at radius 3 is 2.41 bits per heavy atom. The number of hydrogen-bond donors (Lipinski definition) is 1. The van der Waals surface area contributed by atoms with Crippen molar-refractivity contribution in [2.45, 2.75) is 32.7 Å². The third-order valence-electron chi connectivity index (χ3n) is 3.73. The Morgan fingerprint density at radius 2 is 1.91 bits per heavy atom. The third-order valence-corrected chi connectivity index (χ3v) is 3.73. The van der Waals surface area contributed by atoms with E-state index in [1.165, 1.54) is 6.07 Å². The minimum atomic E-state index is -0.471. The second-order valence-electron chi connectivity index (χ2n) is 5.71. The summed E-state index contributed by atoms with van der Waals surface area (Å²) in [5.41, 5.74) is 0. The van der Waals surface area contributed by atoms with E-state index in [2.05, 4.69) is 24.1 Å². The number of piperazine rings is 1. The highest BCUT2D eigenvalue weighted by Crippen LogP contribution is 2.31. The Balaban J connectivity index is 0.00000220. The molecule has 1 aromatic rings. The lowest BCUT2D eigenvalue weighted by Crippen LogP contribution is -2.45. The van der Waals surface area contributed by atoms with Crippen molar-refractivity contribution in [1.29, 1.82) is 0 Å². The Kier molecular flexibility index (Phi) is 9.67. The summed E-state index contributed by atoms with van der Waals surface area (Å²) in [6, 6.07) is 3.36. The summed E-state index contributed by atoms with van der Waals surface area (Å²) in [4.78, 5) is 12.7. The number of hydrogen-bond acceptors (Lipinski definition) is 5. The van der Waals surface area contributed by atoms with Gasteiger partial charge in [-0.05, 0) is 24.8 Å². The van der Waals surface area contributed by atoms with Crippen LogP contribution in [0.15, 0.2) is 16.5 Å². The third kappa shape index (κ3) is 5.76. The van der Waals surface area contributed by atoms with E-state index in [0.29, 0.717) is 5.92 Å². The summed E-state index contributed by atoms with van der Waals surface area (Å²) in [5.74, 6) is 1.18. The van der Waals surface area contributed by atoms with Crippen molar-refractivity contribution >= 4 is 30.7 Å². The molecule has 6 nitrogen and oxygen atoms in total. The molecule has 1 fully saturated rings. The number of halogens is 2. The zero-order chi connectivity index (χ0) is 14.5. The Morgan fingerprint density at radius 1 is 1.27 bits per heavy atom. The van der Waals surface area contributed by atoms with Crippen molar-refractivity contribution < 1.29 is 9.34 Å². The van der Waals surface area contributed by atoms with Crippen molar-refractivity contribution in [3.63, 3.8) is 0 Å². The van der Waals surface area contributed by atoms with Gasteiger partial charge in [0.2, 0.25) is 0 Å². The molecular formula is C14H25Cl2N3O3. The SMILES string of the molecule is CC(C)CC[C@@H](c1ccc([N+](=O)[O-])o1)N1CCNCC1.Cl.Cl. The van der Waals surface area contributed by atoms with E-state index in [9.17, 15) is 10.1 Å². The van der Waals surface area contributed by atoms with Crippen LogP contribution in [0.4, 0.5) is 5.88 Å². The van der Waals surface area contributed by atoms with Gasteiger partial charge >= 0.3 is 5.88 Å². The zero-order valence-electron chi connectivity index (χ0n) is 13.0. The standard InChI is InChI=1S/C14H23N3O3.2ClH/c1-11(2)3-4-12(16-9-7-15-8-10-16)13-5-6-14(20-13)17(18)19;;/h5-6,11-12,15H,3-4,7-10H2,1-2H3;2*1H/t12-;;/m0../s1. The number of nitrogens with one attached hydrogen (secondary N) is 1. The molecular weight excluding hydrogens is 329 g/mol. The number of rotatable bonds is 6. The van der Waals surface area contributed by atoms with E-state index >= 15 is 0 Å². The number of nitro groups is 1. The molecule has 128 valence electrons. The van der Waals surface area contributed by atoms with E-state index in [1.807, 2.05) is 0 Å². The fourth-order valence-electron chi connectivity index (χ4n) is 2.61. The predicted molar refractivity (Wildman–Crippen MR) is 91.1 cm³/mol. The minimum absolute atomic E-state index is 0. The van der Waals surface area contributed by atoms with E-state index in [0.717, 1.165) is 44.8 Å². The van der Waals surface area contributed by atoms with Gasteiger partial charge in [0.1, 0.15) is 10.7 Å². The first-order valence-corrected chi connectivity index (χ1v) is 7.27. The van der Waals surface area contributed by atoms with Crippen LogP contribution in [-0.4, -0.2) is 36.0 Å². The summed E-state index contributed by atoms with van der Waals surface area (Å²) in [5, 5.41) is 14.1. The van der Waals surface area contributed by atoms with Crippen molar-refractivity contribution in [3.05, 3.63) is 28.0 Å². The topological polar surface area (TPSA) is 71.5 Å². The summed E-state index contributed by atoms with van der Waals surface area (Å²) in [6.07, 6.45) is 2.06. The Hall–Kier alpha value is -0.820. The maximum atomic E-state index is 10.8. The molecule has 2 rings (SSSR count). The van der Waals surface area contributed by atoms with Gasteiger partial charge in [0, 0.05) is 26.2 Å². The molecule has 22 heavy (non-hydrogen) atoms. The van der Waals surface area contributed by atoms with Crippen LogP contribution in [0, 0.1) is 16.0 Å². The summed E-state index contributed by atoms with van der Waals surface area (Å²) >= 11 is 0. The second-order valence-corrected chi connectivity index (χ2v) is 5.71. The molecule has 0 aromatic carbocycles. The maximum absolute atomic E-state index is 10.8. The summed E-state index contributed by atoms with van der Waals surface area (Å²) < 4.78 is 5.43. The normalized spacial score (nSPS) is 16.7. The zero-order valence-corrected chi connectivity index (χ0v) is 14.6. The predicted octanol–water partition coefficient (Wildman–Crippen LogP) is 3.41. The first-order valence-electron chi connectivity index (χ1n) is 7.27. The molecule has 1 aliphatic heterocycles. The maximum Gasteiger partial charge on any atom is 0.433 e. The highest BCUT2D eigenvalue weighted by atomic mass is 35.5. The van der Waals surface area contributed by atoms with E-state index in [4.69, 9.17) is 4.42 Å². The number of nitrogens with zero attached hydrogens (tertiary/aromatic N) is 2. The minimum Gasteiger partial charge on any atom is -0.404 e. The first-order chi connectivity index (χ1) is 9.58. The molecule has 0 saturated carbocycles. The van der Waals surface area contributed by atoms with Gasteiger partial charge < -0.3 is 9.73 Å². The largest absolute Gasteiger partial charge is 0.433 e. The average molecular weight is 354 g/mol. The van der Waals surface area contributed by atoms with Crippen LogP contribution >= 0.6 is 24.8 Å². The van der Waals surface area contributed by atoms with Gasteiger partial charge in [-0.25, -0.2) is 0 Å². The fraction of sp³-hybridized carbons (Fsp3) is 0.714. The van der Waals surface area contributed by atoms with Crippen LogP contribution < -0.4 is 5.32 Å². The van der Waals surface area contributed by atoms with Gasteiger partial charge in [-0.1, -0.05) is 13.8 Å². The Labute approximate surface area is 143 Å². The molecule has 0 radical (unpaired) electrons. The lowest BCUT2D eigenvalue weighted by molar-refractivity contribution is -0.402. The number of furan rings is 1. The van der Waals surface area contributed by atoms with E-state index < -0.39 is 4.92 Å². The van der Waals surface area contributed by atoms with E-state index in [-0.39, 0.29) is 36.7 Å². The molecule has 1 aromatic heterocycles. The van der Waals surface area contributed by atoms with Gasteiger partial charge in [-0.3, -0.25) is 15.0 Å². The quantitative estimate of drug-likeness (QED) is 0.626. The highest BCUT2D eigenvalue weighted by molar-refractivity contribution is 5.85. The second kappa shape index (κ2) is 10.0. The Bertz CT molecular complexity index is 448. The molecule has 1 saturated heterocycles. The molecule has 0 unspecified atom stereocenters. The molecule has 1 atom stereocenters. The van der Waals surface area contributed by atoms with Crippen molar-refractivity contribution in [2.75, 3.05) is 26.2 Å². The highest BCUT2D eigenvalue weighted by Gasteiger charge is 2.26. The van der Waals surface area contributed by atoms with Crippen molar-refractivity contribution in [3.8, 4) is 0 Å². The summed E-state index contributed by atoms with van der Waals surface area (Å²) in [7, 11) is 0. The molecule has 0 amide bonds. The van der Waals surface area contributed by atoms with Crippen molar-refractivity contribution in [2.24, 2.45) is 5.92 Å². The van der Waals surface area contributed by atoms with Gasteiger partial charge in [0.25, 0.3) is 0 Å². The van der Waals surface area contributed by atoms with Crippen molar-refractivity contribution in [1.82, 2.24) is 10.2 Å². The molecule has 0 aliphatic carbocycles. The van der Waals surface area contributed by atoms with Gasteiger partial charge in [-0.15, -0.1) is 24.8 Å². The van der Waals surface area contributed by atoms with Crippen LogP contribution in [0.3, 0.4) is 0 Å². The summed E-state index contributed by atoms with van der Waals surface area (Å²) in [6.45, 7) is 8.22. The van der Waals surface area contributed by atoms with Crippen LogP contribution in [0.25, 0.3) is 0 Å². The molecule has 1 aliphatic rings. The monoisotopic (exact) mass is 353 g/mol. The molecule has 1 N–H and O–H groups in total. The van der Waals surface area contributed by atoms with Gasteiger partial charge in [-0.2, -0.15) is 0 Å². The lowest BCUT2D eigenvalue weighted by atomic mass is 10.00. The van der Waals surface area contributed by atoms with Crippen LogP contribution in [0.2, 0.25) is 0 Å².